The first-order chi connectivity index (χ1) is 8.54. The summed E-state index contributed by atoms with van der Waals surface area (Å²) in [6.07, 6.45) is 7.80. The van der Waals surface area contributed by atoms with Crippen molar-refractivity contribution >= 4 is 0 Å². The first-order valence-electron chi connectivity index (χ1n) is 7.63. The molecule has 0 aliphatic heterocycles. The second-order valence-corrected chi connectivity index (χ2v) is 7.47. The second-order valence-electron chi connectivity index (χ2n) is 7.47. The predicted molar refractivity (Wildman–Crippen MR) is 70.6 cm³/mol. The molecule has 0 amide bonds. The molecule has 3 fully saturated rings. The maximum atomic E-state index is 10.2. The van der Waals surface area contributed by atoms with Crippen molar-refractivity contribution in [2.45, 2.75) is 64.9 Å². The van der Waals surface area contributed by atoms with Gasteiger partial charge < -0.3 is 5.11 Å². The van der Waals surface area contributed by atoms with E-state index in [0.29, 0.717) is 23.2 Å². The molecule has 0 bridgehead atoms. The average Bonchev–Trinajstić information content (AvgIpc) is 2.61. The van der Waals surface area contributed by atoms with E-state index in [4.69, 9.17) is 0 Å². The fourth-order valence-electron chi connectivity index (χ4n) is 5.81. The van der Waals surface area contributed by atoms with Gasteiger partial charge in [0.05, 0.1) is 17.6 Å². The molecule has 0 aromatic rings. The van der Waals surface area contributed by atoms with E-state index in [9.17, 15) is 10.4 Å². The highest BCUT2D eigenvalue weighted by molar-refractivity contribution is 5.24. The monoisotopic (exact) mass is 247 g/mol. The Morgan fingerprint density at radius 3 is 2.78 bits per heavy atom. The van der Waals surface area contributed by atoms with Gasteiger partial charge in [-0.1, -0.05) is 20.3 Å². The van der Waals surface area contributed by atoms with Crippen molar-refractivity contribution in [2.24, 2.45) is 28.6 Å². The van der Waals surface area contributed by atoms with Gasteiger partial charge in [-0.3, -0.25) is 0 Å². The highest BCUT2D eigenvalue weighted by Gasteiger charge is 2.69. The molecule has 0 radical (unpaired) electrons. The van der Waals surface area contributed by atoms with Crippen molar-refractivity contribution in [3.8, 4) is 6.07 Å². The smallest absolute Gasteiger partial charge is 0.0693 e. The van der Waals surface area contributed by atoms with Crippen LogP contribution in [0.15, 0.2) is 0 Å². The maximum Gasteiger partial charge on any atom is 0.0693 e. The normalized spacial score (nSPS) is 50.3. The Morgan fingerprint density at radius 2 is 2.11 bits per heavy atom. The molecule has 1 spiro atoms. The van der Waals surface area contributed by atoms with E-state index in [2.05, 4.69) is 19.9 Å². The summed E-state index contributed by atoms with van der Waals surface area (Å²) in [6.45, 7) is 4.46. The number of hydrogen-bond donors (Lipinski definition) is 1. The fourth-order valence-corrected chi connectivity index (χ4v) is 5.81. The summed E-state index contributed by atoms with van der Waals surface area (Å²) in [7, 11) is 0. The summed E-state index contributed by atoms with van der Waals surface area (Å²) >= 11 is 0. The molecule has 3 saturated carbocycles. The van der Waals surface area contributed by atoms with Crippen LogP contribution in [0.1, 0.15) is 58.8 Å². The number of rotatable bonds is 2. The molecule has 0 saturated heterocycles. The molecule has 100 valence electrons. The summed E-state index contributed by atoms with van der Waals surface area (Å²) in [5.74, 6) is 1.69. The van der Waals surface area contributed by atoms with Crippen molar-refractivity contribution in [3.63, 3.8) is 0 Å². The van der Waals surface area contributed by atoms with Gasteiger partial charge in [0.1, 0.15) is 0 Å². The molecule has 2 nitrogen and oxygen atoms in total. The third kappa shape index (κ3) is 1.43. The van der Waals surface area contributed by atoms with Crippen LogP contribution >= 0.6 is 0 Å². The largest absolute Gasteiger partial charge is 0.393 e. The van der Waals surface area contributed by atoms with E-state index in [1.165, 1.54) is 12.8 Å². The Labute approximate surface area is 110 Å². The topological polar surface area (TPSA) is 44.0 Å². The number of hydrogen-bond acceptors (Lipinski definition) is 2. The van der Waals surface area contributed by atoms with E-state index in [-0.39, 0.29) is 11.5 Å². The van der Waals surface area contributed by atoms with E-state index in [1.54, 1.807) is 0 Å². The van der Waals surface area contributed by atoms with Crippen LogP contribution in [0.5, 0.6) is 0 Å². The maximum absolute atomic E-state index is 10.2. The third-order valence-corrected chi connectivity index (χ3v) is 6.11. The van der Waals surface area contributed by atoms with Crippen LogP contribution in [-0.4, -0.2) is 11.2 Å². The highest BCUT2D eigenvalue weighted by atomic mass is 16.3. The van der Waals surface area contributed by atoms with Gasteiger partial charge in [-0.05, 0) is 61.7 Å². The minimum atomic E-state index is -0.0838. The lowest BCUT2D eigenvalue weighted by atomic mass is 9.41. The molecule has 5 atom stereocenters. The third-order valence-electron chi connectivity index (χ3n) is 6.11. The van der Waals surface area contributed by atoms with Crippen LogP contribution in [0.3, 0.4) is 0 Å². The van der Waals surface area contributed by atoms with Gasteiger partial charge in [0.25, 0.3) is 0 Å². The van der Waals surface area contributed by atoms with Gasteiger partial charge in [-0.2, -0.15) is 5.26 Å². The van der Waals surface area contributed by atoms with E-state index in [0.717, 1.165) is 32.1 Å². The average molecular weight is 247 g/mol. The Bertz CT molecular complexity index is 385. The molecule has 2 heteroatoms. The number of aliphatic hydroxyl groups is 1. The van der Waals surface area contributed by atoms with Gasteiger partial charge in [0.15, 0.2) is 0 Å². The Balaban J connectivity index is 1.85. The molecule has 1 N–H and O–H groups in total. The highest BCUT2D eigenvalue weighted by Crippen LogP contribution is 2.74. The summed E-state index contributed by atoms with van der Waals surface area (Å²) in [5.41, 5.74) is 0.294. The van der Waals surface area contributed by atoms with Crippen LogP contribution in [0, 0.1) is 39.9 Å². The van der Waals surface area contributed by atoms with Crippen LogP contribution in [0.25, 0.3) is 0 Å². The predicted octanol–water partition coefficient (Wildman–Crippen LogP) is 3.50. The molecular weight excluding hydrogens is 222 g/mol. The van der Waals surface area contributed by atoms with Crippen LogP contribution in [-0.2, 0) is 0 Å². The zero-order valence-electron chi connectivity index (χ0n) is 11.7. The fraction of sp³-hybridized carbons (Fsp3) is 0.938. The quantitative estimate of drug-likeness (QED) is 0.811. The van der Waals surface area contributed by atoms with Crippen molar-refractivity contribution < 1.29 is 5.11 Å². The Hall–Kier alpha value is -0.550. The van der Waals surface area contributed by atoms with Crippen LogP contribution in [0.2, 0.25) is 0 Å². The molecule has 0 aromatic heterocycles. The van der Waals surface area contributed by atoms with Crippen LogP contribution in [0.4, 0.5) is 0 Å². The lowest BCUT2D eigenvalue weighted by molar-refractivity contribution is -0.151. The zero-order valence-corrected chi connectivity index (χ0v) is 11.7. The van der Waals surface area contributed by atoms with Gasteiger partial charge in [-0.15, -0.1) is 0 Å². The lowest BCUT2D eigenvalue weighted by Crippen LogP contribution is -2.58. The molecule has 3 aliphatic rings. The summed E-state index contributed by atoms with van der Waals surface area (Å²) < 4.78 is 0. The number of nitrogens with zero attached hydrogens (tertiary/aromatic N) is 1. The molecule has 0 heterocycles. The van der Waals surface area contributed by atoms with Crippen molar-refractivity contribution in [1.29, 1.82) is 5.26 Å². The minimum Gasteiger partial charge on any atom is -0.393 e. The van der Waals surface area contributed by atoms with Gasteiger partial charge in [-0.25, -0.2) is 0 Å². The van der Waals surface area contributed by atoms with E-state index in [1.807, 2.05) is 0 Å². The number of aliphatic hydroxyl groups excluding tert-OH is 1. The van der Waals surface area contributed by atoms with Crippen molar-refractivity contribution in [2.75, 3.05) is 0 Å². The number of nitriles is 1. The first-order valence-corrected chi connectivity index (χ1v) is 7.63. The molecule has 3 aliphatic carbocycles. The minimum absolute atomic E-state index is 0.0556. The van der Waals surface area contributed by atoms with Gasteiger partial charge >= 0.3 is 0 Å². The molecular formula is C16H25NO. The first kappa shape index (κ1) is 12.5. The van der Waals surface area contributed by atoms with Crippen LogP contribution < -0.4 is 0 Å². The summed E-state index contributed by atoms with van der Waals surface area (Å²) in [5, 5.41) is 19.9. The van der Waals surface area contributed by atoms with E-state index < -0.39 is 0 Å². The lowest BCUT2D eigenvalue weighted by Gasteiger charge is -2.62. The molecule has 18 heavy (non-hydrogen) atoms. The standard InChI is InChI=1S/C16H25NO/c1-11(2)8-15(10-17)9-16-7-3-4-13(18)12(16)5-6-14(15)16/h11-14,18H,3-9H2,1-2H3/t12?,13-,14?,15-,16+/m0/s1. The van der Waals surface area contributed by atoms with Gasteiger partial charge in [0, 0.05) is 0 Å². The zero-order chi connectivity index (χ0) is 13.0. The summed E-state index contributed by atoms with van der Waals surface area (Å²) in [4.78, 5) is 0. The van der Waals surface area contributed by atoms with Gasteiger partial charge in [0.2, 0.25) is 0 Å². The summed E-state index contributed by atoms with van der Waals surface area (Å²) in [6, 6.07) is 2.68. The molecule has 2 unspecified atom stereocenters. The Kier molecular flexibility index (Phi) is 2.75. The van der Waals surface area contributed by atoms with E-state index >= 15 is 0 Å². The molecule has 0 aromatic carbocycles. The Morgan fingerprint density at radius 1 is 1.33 bits per heavy atom. The second kappa shape index (κ2) is 3.97. The molecule has 3 rings (SSSR count). The van der Waals surface area contributed by atoms with Crippen molar-refractivity contribution in [3.05, 3.63) is 0 Å². The van der Waals surface area contributed by atoms with Crippen molar-refractivity contribution in [1.82, 2.24) is 0 Å². The SMILES string of the molecule is CC(C)C[C@@]1(C#N)C[C@]23CCC[C@H](O)C2CCC13.